The summed E-state index contributed by atoms with van der Waals surface area (Å²) in [6.45, 7) is 1.29. The van der Waals surface area contributed by atoms with Crippen LogP contribution in [0.3, 0.4) is 0 Å². The Morgan fingerprint density at radius 2 is 2.00 bits per heavy atom. The molecule has 1 aromatic carbocycles. The van der Waals surface area contributed by atoms with Crippen molar-refractivity contribution in [2.75, 3.05) is 18.9 Å². The van der Waals surface area contributed by atoms with Crippen LogP contribution in [0.4, 0.5) is 19.0 Å². The van der Waals surface area contributed by atoms with Gasteiger partial charge in [0, 0.05) is 18.0 Å². The highest BCUT2D eigenvalue weighted by atomic mass is 32.2. The number of hydrogen-bond acceptors (Lipinski definition) is 5. The van der Waals surface area contributed by atoms with Crippen LogP contribution in [0.5, 0.6) is 0 Å². The third-order valence-electron chi connectivity index (χ3n) is 2.97. The summed E-state index contributed by atoms with van der Waals surface area (Å²) in [6.07, 6.45) is 0. The topological polar surface area (TPSA) is 75.4 Å². The Bertz CT molecular complexity index is 777. The fourth-order valence-corrected chi connectivity index (χ4v) is 2.62. The second-order valence-electron chi connectivity index (χ2n) is 5.08. The fourth-order valence-electron chi connectivity index (χ4n) is 1.96. The number of carbonyl (C=O) groups excluding carboxylic acids is 2. The molecule has 2 rings (SSSR count). The zero-order chi connectivity index (χ0) is 18.6. The molecule has 0 spiro atoms. The van der Waals surface area contributed by atoms with Gasteiger partial charge >= 0.3 is 5.51 Å². The summed E-state index contributed by atoms with van der Waals surface area (Å²) in [7, 11) is 1.32. The van der Waals surface area contributed by atoms with Crippen molar-refractivity contribution in [3.05, 3.63) is 41.7 Å². The molecule has 6 nitrogen and oxygen atoms in total. The SMILES string of the molecule is Cc1cc(NC(=O)CN(C)C(=O)c2ccccc2SC(F)(F)F)no1. The third-order valence-corrected chi connectivity index (χ3v) is 3.77. The number of halogens is 3. The van der Waals surface area contributed by atoms with Crippen molar-refractivity contribution in [1.29, 1.82) is 0 Å². The summed E-state index contributed by atoms with van der Waals surface area (Å²) >= 11 is -0.373. The Hall–Kier alpha value is -2.49. The van der Waals surface area contributed by atoms with E-state index in [1.807, 2.05) is 0 Å². The highest BCUT2D eigenvalue weighted by Crippen LogP contribution is 2.38. The molecule has 2 amide bonds. The molecule has 0 radical (unpaired) electrons. The van der Waals surface area contributed by atoms with Crippen molar-refractivity contribution in [1.82, 2.24) is 10.1 Å². The number of hydrogen-bond donors (Lipinski definition) is 1. The lowest BCUT2D eigenvalue weighted by molar-refractivity contribution is -0.116. The second-order valence-corrected chi connectivity index (χ2v) is 6.18. The van der Waals surface area contributed by atoms with E-state index in [4.69, 9.17) is 4.52 Å². The maximum atomic E-state index is 12.6. The van der Waals surface area contributed by atoms with Crippen LogP contribution >= 0.6 is 11.8 Å². The number of carbonyl (C=O) groups is 2. The molecule has 0 aliphatic carbocycles. The van der Waals surface area contributed by atoms with Crippen LogP contribution in [0.1, 0.15) is 16.1 Å². The Labute approximate surface area is 145 Å². The van der Waals surface area contributed by atoms with Gasteiger partial charge in [-0.1, -0.05) is 17.3 Å². The number of thioether (sulfide) groups is 1. The van der Waals surface area contributed by atoms with Gasteiger partial charge in [0.25, 0.3) is 5.91 Å². The maximum absolute atomic E-state index is 12.6. The van der Waals surface area contributed by atoms with Gasteiger partial charge in [0.15, 0.2) is 5.82 Å². The number of nitrogens with zero attached hydrogens (tertiary/aromatic N) is 2. The van der Waals surface area contributed by atoms with Crippen LogP contribution in [0, 0.1) is 6.92 Å². The van der Waals surface area contributed by atoms with Gasteiger partial charge < -0.3 is 14.7 Å². The molecule has 2 aromatic rings. The first-order valence-corrected chi connectivity index (χ1v) is 7.81. The number of aromatic nitrogens is 1. The zero-order valence-electron chi connectivity index (χ0n) is 13.3. The Kier molecular flexibility index (Phi) is 5.73. The first kappa shape index (κ1) is 18.8. The monoisotopic (exact) mass is 373 g/mol. The molecule has 0 saturated heterocycles. The second kappa shape index (κ2) is 7.60. The number of likely N-dealkylation sites (N-methyl/N-ethyl adjacent to an activating group) is 1. The van der Waals surface area contributed by atoms with Crippen molar-refractivity contribution < 1.29 is 27.3 Å². The minimum atomic E-state index is -4.52. The van der Waals surface area contributed by atoms with E-state index in [9.17, 15) is 22.8 Å². The molecule has 10 heteroatoms. The largest absolute Gasteiger partial charge is 0.446 e. The van der Waals surface area contributed by atoms with Gasteiger partial charge in [0.1, 0.15) is 5.76 Å². The average Bonchev–Trinajstić information content (AvgIpc) is 2.90. The number of aryl methyl sites for hydroxylation is 1. The molecule has 134 valence electrons. The normalized spacial score (nSPS) is 11.2. The smallest absolute Gasteiger partial charge is 0.360 e. The van der Waals surface area contributed by atoms with Crippen molar-refractivity contribution in [3.63, 3.8) is 0 Å². The standard InChI is InChI=1S/C15H14F3N3O3S/c1-9-7-12(20-24-9)19-13(22)8-21(2)14(23)10-5-3-4-6-11(10)25-15(16,17)18/h3-7H,8H2,1-2H3,(H,19,20,22). The summed E-state index contributed by atoms with van der Waals surface area (Å²) in [6, 6.07) is 6.85. The summed E-state index contributed by atoms with van der Waals surface area (Å²) in [5, 5.41) is 6.01. The van der Waals surface area contributed by atoms with Crippen LogP contribution in [-0.2, 0) is 4.79 Å². The van der Waals surface area contributed by atoms with E-state index in [0.717, 1.165) is 4.90 Å². The first-order valence-electron chi connectivity index (χ1n) is 6.99. The first-order chi connectivity index (χ1) is 11.7. The average molecular weight is 373 g/mol. The fraction of sp³-hybridized carbons (Fsp3) is 0.267. The Balaban J connectivity index is 2.05. The minimum absolute atomic E-state index is 0.127. The molecule has 1 heterocycles. The summed E-state index contributed by atoms with van der Waals surface area (Å²) in [5.41, 5.74) is -4.64. The Morgan fingerprint density at radius 3 is 2.60 bits per heavy atom. The highest BCUT2D eigenvalue weighted by Gasteiger charge is 2.31. The predicted molar refractivity (Wildman–Crippen MR) is 85.2 cm³/mol. The molecule has 0 atom stereocenters. The van der Waals surface area contributed by atoms with Crippen molar-refractivity contribution in [2.24, 2.45) is 0 Å². The van der Waals surface area contributed by atoms with E-state index in [-0.39, 0.29) is 34.6 Å². The number of nitrogens with one attached hydrogen (secondary N) is 1. The lowest BCUT2D eigenvalue weighted by Crippen LogP contribution is -2.35. The lowest BCUT2D eigenvalue weighted by atomic mass is 10.2. The van der Waals surface area contributed by atoms with Crippen molar-refractivity contribution >= 4 is 29.4 Å². The molecule has 1 N–H and O–H groups in total. The molecule has 0 saturated carbocycles. The van der Waals surface area contributed by atoms with Crippen LogP contribution in [0.2, 0.25) is 0 Å². The Morgan fingerprint density at radius 1 is 1.32 bits per heavy atom. The molecule has 0 aliphatic heterocycles. The molecule has 0 fully saturated rings. The van der Waals surface area contributed by atoms with E-state index in [1.54, 1.807) is 6.92 Å². The van der Waals surface area contributed by atoms with E-state index < -0.39 is 17.3 Å². The van der Waals surface area contributed by atoms with Gasteiger partial charge in [-0.05, 0) is 30.8 Å². The van der Waals surface area contributed by atoms with Crippen LogP contribution in [-0.4, -0.2) is 41.0 Å². The summed E-state index contributed by atoms with van der Waals surface area (Å²) < 4.78 is 42.6. The van der Waals surface area contributed by atoms with E-state index in [0.29, 0.717) is 5.76 Å². The zero-order valence-corrected chi connectivity index (χ0v) is 14.1. The summed E-state index contributed by atoms with van der Waals surface area (Å²) in [5.74, 6) is -0.557. The minimum Gasteiger partial charge on any atom is -0.360 e. The lowest BCUT2D eigenvalue weighted by Gasteiger charge is -2.18. The number of anilines is 1. The van der Waals surface area contributed by atoms with E-state index in [1.165, 1.54) is 37.4 Å². The van der Waals surface area contributed by atoms with E-state index >= 15 is 0 Å². The van der Waals surface area contributed by atoms with Gasteiger partial charge in [-0.15, -0.1) is 0 Å². The van der Waals surface area contributed by atoms with Gasteiger partial charge in [-0.25, -0.2) is 0 Å². The molecule has 25 heavy (non-hydrogen) atoms. The predicted octanol–water partition coefficient (Wildman–Crippen LogP) is 3.31. The molecule has 0 bridgehead atoms. The maximum Gasteiger partial charge on any atom is 0.446 e. The van der Waals surface area contributed by atoms with E-state index in [2.05, 4.69) is 10.5 Å². The van der Waals surface area contributed by atoms with Crippen molar-refractivity contribution in [3.8, 4) is 0 Å². The summed E-state index contributed by atoms with van der Waals surface area (Å²) in [4.78, 5) is 25.1. The highest BCUT2D eigenvalue weighted by molar-refractivity contribution is 8.00. The van der Waals surface area contributed by atoms with Crippen LogP contribution in [0.25, 0.3) is 0 Å². The molecule has 0 unspecified atom stereocenters. The molecular formula is C15H14F3N3O3S. The number of amides is 2. The van der Waals surface area contributed by atoms with Gasteiger partial charge in [0.2, 0.25) is 5.91 Å². The number of alkyl halides is 3. The number of benzene rings is 1. The quantitative estimate of drug-likeness (QED) is 0.814. The van der Waals surface area contributed by atoms with Gasteiger partial charge in [0.05, 0.1) is 12.1 Å². The molecule has 1 aromatic heterocycles. The third kappa shape index (κ3) is 5.52. The molecule has 0 aliphatic rings. The van der Waals surface area contributed by atoms with Gasteiger partial charge in [-0.2, -0.15) is 13.2 Å². The molecular weight excluding hydrogens is 359 g/mol. The van der Waals surface area contributed by atoms with Crippen molar-refractivity contribution in [2.45, 2.75) is 17.3 Å². The number of rotatable bonds is 5. The van der Waals surface area contributed by atoms with Gasteiger partial charge in [-0.3, -0.25) is 9.59 Å². The van der Waals surface area contributed by atoms with Crippen LogP contribution < -0.4 is 5.32 Å². The van der Waals surface area contributed by atoms with Crippen LogP contribution in [0.15, 0.2) is 39.8 Å².